The third kappa shape index (κ3) is 4.28. The highest BCUT2D eigenvalue weighted by molar-refractivity contribution is 7.89. The molecule has 4 nitrogen and oxygen atoms in total. The van der Waals surface area contributed by atoms with Gasteiger partial charge in [0.05, 0.1) is 4.90 Å². The van der Waals surface area contributed by atoms with E-state index in [0.29, 0.717) is 35.9 Å². The molecular weight excluding hydrogens is 304 g/mol. The molecule has 0 radical (unpaired) electrons. The molecule has 6 heteroatoms. The maximum absolute atomic E-state index is 12.7. The Morgan fingerprint density at radius 3 is 2.52 bits per heavy atom. The number of thiophene rings is 1. The van der Waals surface area contributed by atoms with Crippen LogP contribution in [0.4, 0.5) is 0 Å². The van der Waals surface area contributed by atoms with Gasteiger partial charge in [-0.25, -0.2) is 8.42 Å². The fraction of sp³-hybridized carbons (Fsp3) is 0.733. The van der Waals surface area contributed by atoms with Gasteiger partial charge in [-0.1, -0.05) is 27.7 Å². The highest BCUT2D eigenvalue weighted by atomic mass is 32.2. The van der Waals surface area contributed by atoms with Crippen LogP contribution in [0.1, 0.15) is 39.0 Å². The van der Waals surface area contributed by atoms with Crippen molar-refractivity contribution >= 4 is 21.4 Å². The first-order chi connectivity index (χ1) is 9.79. The lowest BCUT2D eigenvalue weighted by molar-refractivity contribution is 0.222. The average molecular weight is 331 g/mol. The highest BCUT2D eigenvalue weighted by Crippen LogP contribution is 2.28. The third-order valence-corrected chi connectivity index (χ3v) is 6.68. The predicted molar refractivity (Wildman–Crippen MR) is 88.0 cm³/mol. The van der Waals surface area contributed by atoms with Gasteiger partial charge in [-0.05, 0) is 24.3 Å². The number of nitrogens with one attached hydrogen (secondary N) is 1. The Balaban J connectivity index is 2.12. The summed E-state index contributed by atoms with van der Waals surface area (Å²) in [5.41, 5.74) is 0. The van der Waals surface area contributed by atoms with Crippen molar-refractivity contribution < 1.29 is 8.42 Å². The summed E-state index contributed by atoms with van der Waals surface area (Å²) in [7, 11) is -3.33. The minimum atomic E-state index is -3.33. The fourth-order valence-electron chi connectivity index (χ4n) is 2.84. The van der Waals surface area contributed by atoms with Crippen LogP contribution in [0, 0.1) is 11.8 Å². The molecule has 1 aliphatic rings. The van der Waals surface area contributed by atoms with Crippen LogP contribution in [0.3, 0.4) is 0 Å². The molecule has 2 heterocycles. The summed E-state index contributed by atoms with van der Waals surface area (Å²) < 4.78 is 27.1. The van der Waals surface area contributed by atoms with Crippen molar-refractivity contribution in [1.29, 1.82) is 0 Å². The highest BCUT2D eigenvalue weighted by Gasteiger charge is 2.32. The molecule has 0 aromatic carbocycles. The lowest BCUT2D eigenvalue weighted by Gasteiger charge is -2.33. The van der Waals surface area contributed by atoms with E-state index in [2.05, 4.69) is 33.0 Å². The molecule has 2 unspecified atom stereocenters. The molecule has 21 heavy (non-hydrogen) atoms. The molecule has 2 atom stereocenters. The van der Waals surface area contributed by atoms with Gasteiger partial charge < -0.3 is 5.32 Å². The van der Waals surface area contributed by atoms with Gasteiger partial charge in [-0.3, -0.25) is 0 Å². The number of hydrogen-bond donors (Lipinski definition) is 1. The summed E-state index contributed by atoms with van der Waals surface area (Å²) in [4.78, 5) is 1.52. The van der Waals surface area contributed by atoms with Crippen LogP contribution in [0.15, 0.2) is 16.3 Å². The third-order valence-electron chi connectivity index (χ3n) is 3.79. The molecule has 120 valence electrons. The molecule has 0 aliphatic carbocycles. The molecule has 1 aromatic rings. The monoisotopic (exact) mass is 330 g/mol. The summed E-state index contributed by atoms with van der Waals surface area (Å²) in [6, 6.07) is 2.22. The van der Waals surface area contributed by atoms with E-state index in [1.165, 1.54) is 11.3 Å². The van der Waals surface area contributed by atoms with Gasteiger partial charge in [0.15, 0.2) is 0 Å². The first-order valence-corrected chi connectivity index (χ1v) is 9.92. The summed E-state index contributed by atoms with van der Waals surface area (Å²) >= 11 is 1.52. The Labute approximate surface area is 132 Å². The Morgan fingerprint density at radius 2 is 1.95 bits per heavy atom. The number of rotatable bonds is 5. The second kappa shape index (κ2) is 6.77. The molecule has 1 aromatic heterocycles. The van der Waals surface area contributed by atoms with E-state index in [0.717, 1.165) is 17.8 Å². The van der Waals surface area contributed by atoms with E-state index in [1.807, 2.05) is 6.07 Å². The van der Waals surface area contributed by atoms with E-state index in [4.69, 9.17) is 0 Å². The first-order valence-electron chi connectivity index (χ1n) is 7.60. The van der Waals surface area contributed by atoms with Crippen molar-refractivity contribution in [1.82, 2.24) is 9.62 Å². The molecule has 0 spiro atoms. The predicted octanol–water partition coefficient (Wildman–Crippen LogP) is 2.91. The minimum Gasteiger partial charge on any atom is -0.310 e. The topological polar surface area (TPSA) is 49.4 Å². The second-order valence-corrected chi connectivity index (χ2v) is 9.49. The molecule has 1 fully saturated rings. The van der Waals surface area contributed by atoms with E-state index < -0.39 is 10.0 Å². The number of sulfonamides is 1. The molecular formula is C15H26N2O2S2. The summed E-state index contributed by atoms with van der Waals surface area (Å²) in [6.07, 6.45) is 1.11. The van der Waals surface area contributed by atoms with E-state index >= 15 is 0 Å². The lowest BCUT2D eigenvalue weighted by Crippen LogP contribution is -2.42. The maximum atomic E-state index is 12.7. The van der Waals surface area contributed by atoms with Gasteiger partial charge in [0.1, 0.15) is 0 Å². The standard InChI is InChI=1S/C15H26N2O2S2/c1-11(2)16-7-14-6-15(10-20-14)21(18,19)17-8-12(3)5-13(4)9-17/h6,10-13,16H,5,7-9H2,1-4H3. The van der Waals surface area contributed by atoms with Gasteiger partial charge in [-0.15, -0.1) is 11.3 Å². The van der Waals surface area contributed by atoms with Crippen molar-refractivity contribution in [2.24, 2.45) is 11.8 Å². The van der Waals surface area contributed by atoms with Gasteiger partial charge >= 0.3 is 0 Å². The lowest BCUT2D eigenvalue weighted by atomic mass is 9.94. The zero-order valence-corrected chi connectivity index (χ0v) is 14.9. The van der Waals surface area contributed by atoms with Crippen molar-refractivity contribution in [2.45, 2.75) is 51.6 Å². The Morgan fingerprint density at radius 1 is 1.33 bits per heavy atom. The van der Waals surface area contributed by atoms with Crippen LogP contribution >= 0.6 is 11.3 Å². The largest absolute Gasteiger partial charge is 0.310 e. The molecule has 0 bridgehead atoms. The number of hydrogen-bond acceptors (Lipinski definition) is 4. The quantitative estimate of drug-likeness (QED) is 0.903. The Hall–Kier alpha value is -0.430. The molecule has 1 N–H and O–H groups in total. The van der Waals surface area contributed by atoms with Gasteiger partial charge in [0.25, 0.3) is 0 Å². The van der Waals surface area contributed by atoms with Gasteiger partial charge in [0.2, 0.25) is 10.0 Å². The van der Waals surface area contributed by atoms with Crippen LogP contribution in [0.25, 0.3) is 0 Å². The van der Waals surface area contributed by atoms with Crippen molar-refractivity contribution in [3.8, 4) is 0 Å². The van der Waals surface area contributed by atoms with Gasteiger partial charge in [-0.2, -0.15) is 4.31 Å². The zero-order valence-electron chi connectivity index (χ0n) is 13.3. The Kier molecular flexibility index (Phi) is 5.46. The summed E-state index contributed by atoms with van der Waals surface area (Å²) in [5, 5.41) is 5.10. The van der Waals surface area contributed by atoms with Crippen LogP contribution in [0.2, 0.25) is 0 Å². The maximum Gasteiger partial charge on any atom is 0.243 e. The molecule has 1 aliphatic heterocycles. The smallest absolute Gasteiger partial charge is 0.243 e. The summed E-state index contributed by atoms with van der Waals surface area (Å²) in [5.74, 6) is 0.869. The average Bonchev–Trinajstić information content (AvgIpc) is 2.84. The number of nitrogens with zero attached hydrogens (tertiary/aromatic N) is 1. The SMILES string of the molecule is CC1CC(C)CN(S(=O)(=O)c2csc(CNC(C)C)c2)C1. The second-order valence-electron chi connectivity index (χ2n) is 6.55. The molecule has 0 saturated carbocycles. The van der Waals surface area contributed by atoms with Gasteiger partial charge in [0, 0.05) is 35.9 Å². The van der Waals surface area contributed by atoms with Crippen LogP contribution in [-0.2, 0) is 16.6 Å². The number of piperidine rings is 1. The molecule has 0 amide bonds. The molecule has 1 saturated heterocycles. The fourth-order valence-corrected chi connectivity index (χ4v) is 5.74. The van der Waals surface area contributed by atoms with Crippen LogP contribution < -0.4 is 5.32 Å². The normalized spacial score (nSPS) is 24.6. The molecule has 2 rings (SSSR count). The van der Waals surface area contributed by atoms with E-state index in [1.54, 1.807) is 9.69 Å². The van der Waals surface area contributed by atoms with Crippen LogP contribution in [0.5, 0.6) is 0 Å². The van der Waals surface area contributed by atoms with E-state index in [-0.39, 0.29) is 0 Å². The van der Waals surface area contributed by atoms with Crippen LogP contribution in [-0.4, -0.2) is 31.9 Å². The minimum absolute atomic E-state index is 0.399. The van der Waals surface area contributed by atoms with Crippen molar-refractivity contribution in [3.63, 3.8) is 0 Å². The van der Waals surface area contributed by atoms with Crippen molar-refractivity contribution in [2.75, 3.05) is 13.1 Å². The Bertz CT molecular complexity index is 556. The van der Waals surface area contributed by atoms with E-state index in [9.17, 15) is 8.42 Å². The zero-order chi connectivity index (χ0) is 15.6. The first kappa shape index (κ1) is 16.9. The van der Waals surface area contributed by atoms with Crippen molar-refractivity contribution in [3.05, 3.63) is 16.3 Å². The summed E-state index contributed by atoms with van der Waals surface area (Å²) in [6.45, 7) is 10.4.